The third kappa shape index (κ3) is 4.23. The van der Waals surface area contributed by atoms with Gasteiger partial charge in [0.15, 0.2) is 0 Å². The highest BCUT2D eigenvalue weighted by molar-refractivity contribution is 7.26. The standard InChI is InChI=1S/C53H33N3OS/c1-53(2)40-21-11-8-17-33(40)34-25-24-31(28-41(34)53)48-51-49(37-20-10-13-23-45(37)58-51)55-52(54-48)56-42-22-12-9-19-36(42)47-43(56)27-26-38-46-35-18-7-6-16-32(35)39(29-44(46)57-50(38)47)30-14-4-3-5-15-30/h3-29H,1-2H3. The molecule has 1 aliphatic rings. The van der Waals surface area contributed by atoms with E-state index in [-0.39, 0.29) is 5.41 Å². The van der Waals surface area contributed by atoms with Crippen LogP contribution in [-0.2, 0) is 5.41 Å². The maximum Gasteiger partial charge on any atom is 0.235 e. The van der Waals surface area contributed by atoms with Gasteiger partial charge >= 0.3 is 0 Å². The minimum atomic E-state index is -0.130. The lowest BCUT2D eigenvalue weighted by Gasteiger charge is -2.22. The fourth-order valence-corrected chi connectivity index (χ4v) is 11.1. The average molecular weight is 760 g/mol. The zero-order valence-corrected chi connectivity index (χ0v) is 32.6. The van der Waals surface area contributed by atoms with E-state index in [1.165, 1.54) is 43.3 Å². The summed E-state index contributed by atoms with van der Waals surface area (Å²) in [5.74, 6) is 0.646. The Morgan fingerprint density at radius 1 is 0.517 bits per heavy atom. The molecule has 0 fully saturated rings. The van der Waals surface area contributed by atoms with Crippen molar-refractivity contribution in [1.82, 2.24) is 14.5 Å². The van der Waals surface area contributed by atoms with Crippen LogP contribution in [0.5, 0.6) is 0 Å². The molecule has 0 N–H and O–H groups in total. The van der Waals surface area contributed by atoms with Gasteiger partial charge in [0.25, 0.3) is 0 Å². The van der Waals surface area contributed by atoms with Crippen molar-refractivity contribution in [2.75, 3.05) is 0 Å². The van der Waals surface area contributed by atoms with Gasteiger partial charge < -0.3 is 4.42 Å². The molecule has 0 unspecified atom stereocenters. The predicted molar refractivity (Wildman–Crippen MR) is 242 cm³/mol. The smallest absolute Gasteiger partial charge is 0.235 e. The lowest BCUT2D eigenvalue weighted by atomic mass is 9.82. The van der Waals surface area contributed by atoms with E-state index in [0.29, 0.717) is 5.95 Å². The average Bonchev–Trinajstić information content (AvgIpc) is 4.00. The maximum absolute atomic E-state index is 7.04. The van der Waals surface area contributed by atoms with Crippen molar-refractivity contribution >= 4 is 86.2 Å². The Morgan fingerprint density at radius 2 is 1.24 bits per heavy atom. The number of para-hydroxylation sites is 1. The van der Waals surface area contributed by atoms with Crippen LogP contribution < -0.4 is 0 Å². The highest BCUT2D eigenvalue weighted by Crippen LogP contribution is 2.51. The van der Waals surface area contributed by atoms with Crippen molar-refractivity contribution in [2.24, 2.45) is 0 Å². The maximum atomic E-state index is 7.04. The summed E-state index contributed by atoms with van der Waals surface area (Å²) >= 11 is 1.77. The van der Waals surface area contributed by atoms with Crippen molar-refractivity contribution < 1.29 is 4.42 Å². The number of rotatable bonds is 3. The van der Waals surface area contributed by atoms with Gasteiger partial charge in [-0.15, -0.1) is 11.3 Å². The van der Waals surface area contributed by atoms with Crippen LogP contribution >= 0.6 is 11.3 Å². The van der Waals surface area contributed by atoms with Gasteiger partial charge in [-0.3, -0.25) is 4.57 Å². The molecule has 4 aromatic heterocycles. The molecule has 8 aromatic carbocycles. The van der Waals surface area contributed by atoms with E-state index in [9.17, 15) is 0 Å². The number of thiophene rings is 1. The molecule has 4 heterocycles. The monoisotopic (exact) mass is 759 g/mol. The first kappa shape index (κ1) is 32.1. The van der Waals surface area contributed by atoms with Gasteiger partial charge in [0.05, 0.1) is 32.3 Å². The minimum Gasteiger partial charge on any atom is -0.455 e. The minimum absolute atomic E-state index is 0.130. The topological polar surface area (TPSA) is 43.9 Å². The number of aromatic nitrogens is 3. The van der Waals surface area contributed by atoms with Crippen LogP contribution in [0.4, 0.5) is 0 Å². The Kier molecular flexibility index (Phi) is 6.36. The first-order chi connectivity index (χ1) is 28.5. The highest BCUT2D eigenvalue weighted by atomic mass is 32.1. The molecule has 4 nitrogen and oxygen atoms in total. The van der Waals surface area contributed by atoms with Gasteiger partial charge in [-0.2, -0.15) is 0 Å². The van der Waals surface area contributed by atoms with Crippen LogP contribution in [0.25, 0.3) is 114 Å². The van der Waals surface area contributed by atoms with Crippen molar-refractivity contribution in [3.05, 3.63) is 175 Å². The van der Waals surface area contributed by atoms with Gasteiger partial charge in [0, 0.05) is 37.2 Å². The van der Waals surface area contributed by atoms with Gasteiger partial charge in [-0.25, -0.2) is 9.97 Å². The molecule has 0 amide bonds. The molecular weight excluding hydrogens is 727 g/mol. The SMILES string of the molecule is CC1(C)c2ccccc2-c2ccc(-c3nc(-n4c5ccccc5c5c6oc7cc(-c8ccccc8)c8ccccc8c7c6ccc54)nc4c3sc3ccccc34)cc21. The van der Waals surface area contributed by atoms with Crippen LogP contribution in [0, 0.1) is 0 Å². The molecule has 0 radical (unpaired) electrons. The number of furan rings is 1. The fourth-order valence-electron chi connectivity index (χ4n) is 9.95. The molecule has 0 bridgehead atoms. The van der Waals surface area contributed by atoms with Crippen molar-refractivity contribution in [3.63, 3.8) is 0 Å². The zero-order valence-electron chi connectivity index (χ0n) is 31.7. The number of hydrogen-bond donors (Lipinski definition) is 0. The fraction of sp³-hybridized carbons (Fsp3) is 0.0566. The molecule has 0 aliphatic heterocycles. The highest BCUT2D eigenvalue weighted by Gasteiger charge is 2.35. The molecular formula is C53H33N3OS. The Hall–Kier alpha value is -7.08. The van der Waals surface area contributed by atoms with E-state index in [2.05, 4.69) is 182 Å². The quantitative estimate of drug-likeness (QED) is 0.180. The second-order valence-corrected chi connectivity index (χ2v) is 17.1. The van der Waals surface area contributed by atoms with Crippen LogP contribution in [0.15, 0.2) is 168 Å². The van der Waals surface area contributed by atoms with Crippen LogP contribution in [0.1, 0.15) is 25.0 Å². The molecule has 58 heavy (non-hydrogen) atoms. The summed E-state index contributed by atoms with van der Waals surface area (Å²) in [7, 11) is 0. The van der Waals surface area contributed by atoms with Gasteiger partial charge in [-0.05, 0) is 80.6 Å². The summed E-state index contributed by atoms with van der Waals surface area (Å²) in [6.45, 7) is 4.67. The molecule has 12 aromatic rings. The molecule has 0 spiro atoms. The predicted octanol–water partition coefficient (Wildman–Crippen LogP) is 14.6. The normalized spacial score (nSPS) is 13.5. The van der Waals surface area contributed by atoms with Crippen molar-refractivity contribution in [1.29, 1.82) is 0 Å². The Balaban J connectivity index is 1.10. The van der Waals surface area contributed by atoms with Crippen LogP contribution in [-0.4, -0.2) is 14.5 Å². The number of hydrogen-bond acceptors (Lipinski definition) is 4. The first-order valence-corrected chi connectivity index (χ1v) is 20.6. The van der Waals surface area contributed by atoms with Gasteiger partial charge in [0.1, 0.15) is 11.2 Å². The molecule has 272 valence electrons. The third-order valence-corrected chi connectivity index (χ3v) is 13.8. The molecule has 0 saturated heterocycles. The number of fused-ring (bicyclic) bond motifs is 15. The summed E-state index contributed by atoms with van der Waals surface area (Å²) in [6.07, 6.45) is 0. The number of benzene rings is 8. The lowest BCUT2D eigenvalue weighted by Crippen LogP contribution is -2.15. The van der Waals surface area contributed by atoms with E-state index in [0.717, 1.165) is 76.2 Å². The number of nitrogens with zero attached hydrogens (tertiary/aromatic N) is 3. The summed E-state index contributed by atoms with van der Waals surface area (Å²) < 4.78 is 11.6. The summed E-state index contributed by atoms with van der Waals surface area (Å²) in [4.78, 5) is 11.0. The largest absolute Gasteiger partial charge is 0.455 e. The summed E-state index contributed by atoms with van der Waals surface area (Å²) in [6, 6.07) is 58.9. The Morgan fingerprint density at radius 3 is 2.12 bits per heavy atom. The molecule has 0 saturated carbocycles. The first-order valence-electron chi connectivity index (χ1n) is 19.8. The molecule has 1 aliphatic carbocycles. The van der Waals surface area contributed by atoms with Crippen molar-refractivity contribution in [2.45, 2.75) is 19.3 Å². The second kappa shape index (κ2) is 11.5. The summed E-state index contributed by atoms with van der Waals surface area (Å²) in [5.41, 5.74) is 14.3. The molecule has 13 rings (SSSR count). The van der Waals surface area contributed by atoms with Crippen LogP contribution in [0.3, 0.4) is 0 Å². The van der Waals surface area contributed by atoms with E-state index in [1.54, 1.807) is 11.3 Å². The van der Waals surface area contributed by atoms with Gasteiger partial charge in [0.2, 0.25) is 5.95 Å². The molecule has 0 atom stereocenters. The van der Waals surface area contributed by atoms with E-state index in [4.69, 9.17) is 14.4 Å². The Labute approximate surface area is 337 Å². The second-order valence-electron chi connectivity index (χ2n) is 16.1. The van der Waals surface area contributed by atoms with E-state index < -0.39 is 0 Å². The van der Waals surface area contributed by atoms with Crippen molar-refractivity contribution in [3.8, 4) is 39.5 Å². The van der Waals surface area contributed by atoms with Crippen LogP contribution in [0.2, 0.25) is 0 Å². The molecule has 5 heteroatoms. The van der Waals surface area contributed by atoms with E-state index in [1.807, 2.05) is 0 Å². The third-order valence-electron chi connectivity index (χ3n) is 12.6. The Bertz CT molecular complexity index is 3720. The summed E-state index contributed by atoms with van der Waals surface area (Å²) in [5, 5.41) is 7.94. The zero-order chi connectivity index (χ0) is 38.3. The lowest BCUT2D eigenvalue weighted by molar-refractivity contribution is 0.660. The van der Waals surface area contributed by atoms with Gasteiger partial charge in [-0.1, -0.05) is 141 Å². The van der Waals surface area contributed by atoms with E-state index >= 15 is 0 Å².